The van der Waals surface area contributed by atoms with Gasteiger partial charge in [-0.2, -0.15) is 0 Å². The lowest BCUT2D eigenvalue weighted by molar-refractivity contribution is -0.849. The van der Waals surface area contributed by atoms with E-state index in [1.807, 2.05) is 0 Å². The average molecular weight is 243 g/mol. The maximum Gasteiger partial charge on any atom is 0.0675 e. The Kier molecular flexibility index (Phi) is 17.4. The molecule has 15 heavy (non-hydrogen) atoms. The van der Waals surface area contributed by atoms with Gasteiger partial charge in [-0.3, -0.25) is 0 Å². The summed E-state index contributed by atoms with van der Waals surface area (Å²) in [6, 6.07) is 0. The molecule has 0 bridgehead atoms. The van der Waals surface area contributed by atoms with Gasteiger partial charge in [0.25, 0.3) is 0 Å². The van der Waals surface area contributed by atoms with Crippen molar-refractivity contribution in [2.24, 2.45) is 0 Å². The van der Waals surface area contributed by atoms with Gasteiger partial charge in [-0.15, -0.1) is 6.10 Å². The van der Waals surface area contributed by atoms with Crippen molar-refractivity contribution in [3.8, 4) is 0 Å². The molecule has 0 saturated carbocycles. The Morgan fingerprint density at radius 3 is 0.667 bits per heavy atom. The molecule has 0 saturated heterocycles. The molecule has 0 aromatic heterocycles. The van der Waals surface area contributed by atoms with E-state index in [9.17, 15) is 5.11 Å². The normalized spacial score (nSPS) is 10.4. The molecule has 98 valence electrons. The van der Waals surface area contributed by atoms with Gasteiger partial charge in [0.1, 0.15) is 0 Å². The number of rotatable bonds is 0. The van der Waals surface area contributed by atoms with Crippen molar-refractivity contribution in [2.75, 3.05) is 56.4 Å². The molecule has 0 aliphatic heterocycles. The largest absolute Gasteiger partial charge is 1.00 e. The molecule has 0 spiro atoms. The minimum atomic E-state index is -0.417. The van der Waals surface area contributed by atoms with Crippen molar-refractivity contribution in [2.45, 2.75) is 20.0 Å². The molecule has 3 nitrogen and oxygen atoms in total. The topological polar surface area (TPSA) is 23.1 Å². The van der Waals surface area contributed by atoms with E-state index in [0.717, 1.165) is 8.97 Å². The van der Waals surface area contributed by atoms with Gasteiger partial charge in [-0.1, -0.05) is 13.8 Å². The van der Waals surface area contributed by atoms with Crippen LogP contribution in [0.4, 0.5) is 0 Å². The molecule has 0 N–H and O–H groups in total. The summed E-state index contributed by atoms with van der Waals surface area (Å²) in [6.45, 7) is 3.22. The second-order valence-electron chi connectivity index (χ2n) is 6.42. The summed E-state index contributed by atoms with van der Waals surface area (Å²) in [7, 11) is 17.0. The average Bonchev–Trinajstić information content (AvgIpc) is 1.45. The lowest BCUT2D eigenvalue weighted by Gasteiger charge is -2.14. The first kappa shape index (κ1) is 24.4. The fourth-order valence-corrected chi connectivity index (χ4v) is 0. The molecule has 0 heterocycles. The smallest absolute Gasteiger partial charge is 0.0675 e. The van der Waals surface area contributed by atoms with Crippen molar-refractivity contribution >= 4 is 0 Å². The summed E-state index contributed by atoms with van der Waals surface area (Å²) < 4.78 is 2.00. The van der Waals surface area contributed by atoms with Crippen LogP contribution in [0.2, 0.25) is 0 Å². The number of hydrogen-bond donors (Lipinski definition) is 0. The molecule has 0 aliphatic rings. The van der Waals surface area contributed by atoms with E-state index >= 15 is 0 Å². The van der Waals surface area contributed by atoms with Crippen LogP contribution in [0.15, 0.2) is 0 Å². The molecule has 0 radical (unpaired) electrons. The Labute approximate surface area is 103 Å². The molecule has 0 aromatic rings. The zero-order chi connectivity index (χ0) is 12.6. The highest BCUT2D eigenvalue weighted by molar-refractivity contribution is 4.17. The second kappa shape index (κ2) is 10.7. The molecule has 0 unspecified atom stereocenters. The third-order valence-electron chi connectivity index (χ3n) is 0. The van der Waals surface area contributed by atoms with Crippen LogP contribution in [0.3, 0.4) is 0 Å². The van der Waals surface area contributed by atoms with Gasteiger partial charge in [-0.25, -0.2) is 0 Å². The maximum atomic E-state index is 9.53. The van der Waals surface area contributed by atoms with Crippen molar-refractivity contribution in [3.63, 3.8) is 0 Å². The molecular weight excluding hydrogens is 212 g/mol. The highest BCUT2D eigenvalue weighted by Crippen LogP contribution is 1.74. The summed E-state index contributed by atoms with van der Waals surface area (Å²) in [6.07, 6.45) is -0.417. The van der Waals surface area contributed by atoms with E-state index in [-0.39, 0.29) is 12.4 Å². The lowest BCUT2D eigenvalue weighted by Crippen LogP contribution is -3.00. The van der Waals surface area contributed by atoms with Gasteiger partial charge >= 0.3 is 0 Å². The third kappa shape index (κ3) is 72600. The molecular formula is C11H31ClN2O. The quantitative estimate of drug-likeness (QED) is 0.428. The fourth-order valence-electron chi connectivity index (χ4n) is 0. The molecule has 4 heteroatoms. The summed E-state index contributed by atoms with van der Waals surface area (Å²) in [5.74, 6) is 0. The van der Waals surface area contributed by atoms with E-state index in [4.69, 9.17) is 0 Å². The van der Waals surface area contributed by atoms with Gasteiger partial charge in [-0.05, 0) is 0 Å². The highest BCUT2D eigenvalue weighted by Gasteiger charge is 1.88. The van der Waals surface area contributed by atoms with E-state index in [1.165, 1.54) is 0 Å². The fraction of sp³-hybridized carbons (Fsp3) is 1.00. The first-order valence-electron chi connectivity index (χ1n) is 4.97. The second-order valence-corrected chi connectivity index (χ2v) is 6.42. The van der Waals surface area contributed by atoms with Crippen LogP contribution >= 0.6 is 0 Å². The van der Waals surface area contributed by atoms with Gasteiger partial charge in [0, 0.05) is 0 Å². The predicted octanol–water partition coefficient (Wildman–Crippen LogP) is -2.60. The number of quaternary nitrogens is 2. The minimum absolute atomic E-state index is 0. The number of halogens is 1. The predicted molar refractivity (Wildman–Crippen MR) is 63.0 cm³/mol. The molecule has 0 aliphatic carbocycles. The Morgan fingerprint density at radius 1 is 0.667 bits per heavy atom. The molecule has 0 fully saturated rings. The Bertz CT molecular complexity index is 88.0. The Hall–Kier alpha value is 0.170. The zero-order valence-electron chi connectivity index (χ0n) is 12.3. The Balaban J connectivity index is -0.0000000590. The molecule has 0 amide bonds. The van der Waals surface area contributed by atoms with Crippen molar-refractivity contribution in [1.82, 2.24) is 0 Å². The molecule has 0 aromatic carbocycles. The lowest BCUT2D eigenvalue weighted by atomic mass is 10.5. The Morgan fingerprint density at radius 2 is 0.667 bits per heavy atom. The monoisotopic (exact) mass is 242 g/mol. The van der Waals surface area contributed by atoms with Gasteiger partial charge < -0.3 is 26.5 Å². The third-order valence-corrected chi connectivity index (χ3v) is 0. The first-order valence-corrected chi connectivity index (χ1v) is 4.97. The summed E-state index contributed by atoms with van der Waals surface area (Å²) >= 11 is 0. The van der Waals surface area contributed by atoms with E-state index in [1.54, 1.807) is 13.8 Å². The van der Waals surface area contributed by atoms with E-state index in [0.29, 0.717) is 0 Å². The summed E-state index contributed by atoms with van der Waals surface area (Å²) in [4.78, 5) is 0. The highest BCUT2D eigenvalue weighted by atomic mass is 35.5. The van der Waals surface area contributed by atoms with E-state index < -0.39 is 6.10 Å². The van der Waals surface area contributed by atoms with Crippen LogP contribution in [0, 0.1) is 0 Å². The van der Waals surface area contributed by atoms with Crippen LogP contribution in [-0.2, 0) is 0 Å². The summed E-state index contributed by atoms with van der Waals surface area (Å²) in [5.41, 5.74) is 0. The standard InChI is InChI=1S/2C4H12N.C3H7O.ClH/c2*1-5(2,3)4;1-3(2)4;/h2*1-4H3;3H,1-2H3;1H/q2*+1;-1;/p-1. The van der Waals surface area contributed by atoms with Crippen LogP contribution in [0.5, 0.6) is 0 Å². The van der Waals surface area contributed by atoms with Crippen molar-refractivity contribution < 1.29 is 26.5 Å². The summed E-state index contributed by atoms with van der Waals surface area (Å²) in [5, 5.41) is 9.53. The SMILES string of the molecule is CC(C)[O-].C[N+](C)(C)C.C[N+](C)(C)C.[Cl-]. The van der Waals surface area contributed by atoms with Crippen molar-refractivity contribution in [3.05, 3.63) is 0 Å². The van der Waals surface area contributed by atoms with Crippen LogP contribution < -0.4 is 17.5 Å². The van der Waals surface area contributed by atoms with Gasteiger partial charge in [0.15, 0.2) is 0 Å². The van der Waals surface area contributed by atoms with Crippen LogP contribution in [0.25, 0.3) is 0 Å². The molecule has 0 rings (SSSR count). The number of nitrogens with zero attached hydrogens (tertiary/aromatic N) is 2. The van der Waals surface area contributed by atoms with Crippen LogP contribution in [0.1, 0.15) is 13.8 Å². The first-order chi connectivity index (χ1) is 5.73. The van der Waals surface area contributed by atoms with Crippen molar-refractivity contribution in [1.29, 1.82) is 0 Å². The molecule has 0 atom stereocenters. The van der Waals surface area contributed by atoms with Gasteiger partial charge in [0.05, 0.1) is 56.4 Å². The number of hydrogen-bond acceptors (Lipinski definition) is 1. The van der Waals surface area contributed by atoms with Crippen LogP contribution in [-0.4, -0.2) is 71.5 Å². The zero-order valence-corrected chi connectivity index (χ0v) is 13.0. The van der Waals surface area contributed by atoms with E-state index in [2.05, 4.69) is 56.4 Å². The maximum absolute atomic E-state index is 9.53. The van der Waals surface area contributed by atoms with Gasteiger partial charge in [0.2, 0.25) is 0 Å². The minimum Gasteiger partial charge on any atom is -1.00 e.